The molecule has 1 aromatic heterocycles. The van der Waals surface area contributed by atoms with Gasteiger partial charge in [-0.3, -0.25) is 0 Å². The third-order valence-electron chi connectivity index (χ3n) is 2.37. The molecule has 0 aliphatic heterocycles. The van der Waals surface area contributed by atoms with Crippen LogP contribution in [-0.2, 0) is 0 Å². The summed E-state index contributed by atoms with van der Waals surface area (Å²) in [4.78, 5) is 3.89. The van der Waals surface area contributed by atoms with E-state index < -0.39 is 17.7 Å². The van der Waals surface area contributed by atoms with Crippen LogP contribution in [0, 0.1) is 11.6 Å². The van der Waals surface area contributed by atoms with E-state index in [1.165, 1.54) is 24.4 Å². The molecule has 0 bridgehead atoms. The third-order valence-corrected chi connectivity index (χ3v) is 2.37. The van der Waals surface area contributed by atoms with E-state index in [1.54, 1.807) is 13.0 Å². The third kappa shape index (κ3) is 2.62. The average molecular weight is 251 g/mol. The van der Waals surface area contributed by atoms with Gasteiger partial charge in [0, 0.05) is 12.3 Å². The Bertz CT molecular complexity index is 541. The highest BCUT2D eigenvalue weighted by molar-refractivity contribution is 5.30. The van der Waals surface area contributed by atoms with Gasteiger partial charge in [-0.25, -0.2) is 9.37 Å². The lowest BCUT2D eigenvalue weighted by molar-refractivity contribution is 0.198. The Kier molecular flexibility index (Phi) is 3.53. The van der Waals surface area contributed by atoms with Crippen molar-refractivity contribution in [3.8, 4) is 11.6 Å². The SMILES string of the molecule is C[C@@H](O)c1ccc(Oc2cccc(F)c2F)nc1. The Morgan fingerprint density at radius 1 is 1.22 bits per heavy atom. The summed E-state index contributed by atoms with van der Waals surface area (Å²) in [5.41, 5.74) is 0.613. The summed E-state index contributed by atoms with van der Waals surface area (Å²) in [6, 6.07) is 6.74. The van der Waals surface area contributed by atoms with Crippen LogP contribution >= 0.6 is 0 Å². The second kappa shape index (κ2) is 5.10. The number of aliphatic hydroxyl groups excluding tert-OH is 1. The topological polar surface area (TPSA) is 42.4 Å². The molecule has 0 saturated carbocycles. The van der Waals surface area contributed by atoms with Gasteiger partial charge in [0.05, 0.1) is 6.10 Å². The summed E-state index contributed by atoms with van der Waals surface area (Å²) in [5.74, 6) is -2.14. The number of halogens is 2. The molecule has 3 nitrogen and oxygen atoms in total. The molecule has 0 aliphatic rings. The number of pyridine rings is 1. The lowest BCUT2D eigenvalue weighted by Gasteiger charge is -2.08. The number of nitrogens with zero attached hydrogens (tertiary/aromatic N) is 1. The fraction of sp³-hybridized carbons (Fsp3) is 0.154. The molecule has 0 fully saturated rings. The van der Waals surface area contributed by atoms with E-state index in [0.717, 1.165) is 6.07 Å². The van der Waals surface area contributed by atoms with Crippen molar-refractivity contribution in [2.24, 2.45) is 0 Å². The van der Waals surface area contributed by atoms with Crippen molar-refractivity contribution in [3.05, 3.63) is 53.7 Å². The maximum atomic E-state index is 13.3. The van der Waals surface area contributed by atoms with Crippen LogP contribution in [0.1, 0.15) is 18.6 Å². The number of ether oxygens (including phenoxy) is 1. The molecule has 5 heteroatoms. The summed E-state index contributed by atoms with van der Waals surface area (Å²) in [6.07, 6.45) is 0.773. The molecule has 1 N–H and O–H groups in total. The normalized spacial score (nSPS) is 12.2. The molecule has 0 unspecified atom stereocenters. The fourth-order valence-corrected chi connectivity index (χ4v) is 1.37. The highest BCUT2D eigenvalue weighted by atomic mass is 19.2. The molecule has 2 rings (SSSR count). The van der Waals surface area contributed by atoms with Crippen molar-refractivity contribution >= 4 is 0 Å². The van der Waals surface area contributed by atoms with E-state index >= 15 is 0 Å². The number of aliphatic hydroxyl groups is 1. The van der Waals surface area contributed by atoms with Crippen LogP contribution in [-0.4, -0.2) is 10.1 Å². The zero-order valence-electron chi connectivity index (χ0n) is 9.60. The lowest BCUT2D eigenvalue weighted by Crippen LogP contribution is -1.95. The van der Waals surface area contributed by atoms with Gasteiger partial charge in [-0.1, -0.05) is 6.07 Å². The maximum Gasteiger partial charge on any atom is 0.219 e. The van der Waals surface area contributed by atoms with E-state index in [1.807, 2.05) is 0 Å². The van der Waals surface area contributed by atoms with Crippen LogP contribution in [0.15, 0.2) is 36.5 Å². The molecule has 1 aromatic carbocycles. The predicted molar refractivity (Wildman–Crippen MR) is 61.3 cm³/mol. The van der Waals surface area contributed by atoms with Crippen molar-refractivity contribution < 1.29 is 18.6 Å². The Hall–Kier alpha value is -2.01. The molecule has 94 valence electrons. The number of rotatable bonds is 3. The van der Waals surface area contributed by atoms with Crippen LogP contribution in [0.3, 0.4) is 0 Å². The summed E-state index contributed by atoms with van der Waals surface area (Å²) in [5, 5.41) is 9.29. The Morgan fingerprint density at radius 3 is 2.61 bits per heavy atom. The highest BCUT2D eigenvalue weighted by Gasteiger charge is 2.10. The van der Waals surface area contributed by atoms with Crippen molar-refractivity contribution in [3.63, 3.8) is 0 Å². The number of benzene rings is 1. The number of hydrogen-bond acceptors (Lipinski definition) is 3. The second-order valence-electron chi connectivity index (χ2n) is 3.76. The van der Waals surface area contributed by atoms with Gasteiger partial charge in [0.15, 0.2) is 11.6 Å². The van der Waals surface area contributed by atoms with E-state index in [0.29, 0.717) is 5.56 Å². The van der Waals surface area contributed by atoms with Crippen molar-refractivity contribution in [1.82, 2.24) is 4.98 Å². The standard InChI is InChI=1S/C13H11F2NO2/c1-8(17)9-5-6-12(16-7-9)18-11-4-2-3-10(14)13(11)15/h2-8,17H,1H3/t8-/m1/s1. The first-order valence-corrected chi connectivity index (χ1v) is 5.34. The van der Waals surface area contributed by atoms with Crippen LogP contribution in [0.5, 0.6) is 11.6 Å². The summed E-state index contributed by atoms with van der Waals surface area (Å²) >= 11 is 0. The molecule has 0 aliphatic carbocycles. The molecule has 0 spiro atoms. The zero-order chi connectivity index (χ0) is 13.1. The first kappa shape index (κ1) is 12.4. The summed E-state index contributed by atoms with van der Waals surface area (Å²) in [6.45, 7) is 1.60. The van der Waals surface area contributed by atoms with Gasteiger partial charge in [0.2, 0.25) is 11.7 Å². The molecule has 2 aromatic rings. The Balaban J connectivity index is 2.21. The van der Waals surface area contributed by atoms with Gasteiger partial charge in [-0.15, -0.1) is 0 Å². The molecule has 0 radical (unpaired) electrons. The Labute approximate surface area is 103 Å². The number of hydrogen-bond donors (Lipinski definition) is 1. The minimum Gasteiger partial charge on any atom is -0.436 e. The Morgan fingerprint density at radius 2 is 2.00 bits per heavy atom. The molecule has 1 atom stereocenters. The van der Waals surface area contributed by atoms with Crippen molar-refractivity contribution in [2.45, 2.75) is 13.0 Å². The largest absolute Gasteiger partial charge is 0.436 e. The average Bonchev–Trinajstić information content (AvgIpc) is 2.36. The molecule has 0 amide bonds. The molecule has 1 heterocycles. The van der Waals surface area contributed by atoms with E-state index in [-0.39, 0.29) is 11.6 Å². The molecular weight excluding hydrogens is 240 g/mol. The summed E-state index contributed by atoms with van der Waals surface area (Å²) in [7, 11) is 0. The quantitative estimate of drug-likeness (QED) is 0.910. The highest BCUT2D eigenvalue weighted by Crippen LogP contribution is 2.25. The van der Waals surface area contributed by atoms with Gasteiger partial charge in [-0.2, -0.15) is 4.39 Å². The second-order valence-corrected chi connectivity index (χ2v) is 3.76. The smallest absolute Gasteiger partial charge is 0.219 e. The lowest BCUT2D eigenvalue weighted by atomic mass is 10.2. The van der Waals surface area contributed by atoms with Crippen molar-refractivity contribution in [1.29, 1.82) is 0 Å². The first-order valence-electron chi connectivity index (χ1n) is 5.34. The van der Waals surface area contributed by atoms with Gasteiger partial charge < -0.3 is 9.84 Å². The maximum absolute atomic E-state index is 13.3. The minimum atomic E-state index is -1.06. The predicted octanol–water partition coefficient (Wildman–Crippen LogP) is 3.21. The van der Waals surface area contributed by atoms with E-state index in [2.05, 4.69) is 4.98 Å². The van der Waals surface area contributed by atoms with Crippen LogP contribution < -0.4 is 4.74 Å². The van der Waals surface area contributed by atoms with Gasteiger partial charge >= 0.3 is 0 Å². The van der Waals surface area contributed by atoms with Gasteiger partial charge in [0.25, 0.3) is 0 Å². The summed E-state index contributed by atoms with van der Waals surface area (Å²) < 4.78 is 31.4. The monoisotopic (exact) mass is 251 g/mol. The molecule has 0 saturated heterocycles. The van der Waals surface area contributed by atoms with Crippen LogP contribution in [0.25, 0.3) is 0 Å². The van der Waals surface area contributed by atoms with E-state index in [9.17, 15) is 13.9 Å². The van der Waals surface area contributed by atoms with Crippen LogP contribution in [0.2, 0.25) is 0 Å². The zero-order valence-corrected chi connectivity index (χ0v) is 9.60. The van der Waals surface area contributed by atoms with Gasteiger partial charge in [0.1, 0.15) is 0 Å². The molecule has 18 heavy (non-hydrogen) atoms. The minimum absolute atomic E-state index is 0.129. The first-order chi connectivity index (χ1) is 8.58. The molecular formula is C13H11F2NO2. The van der Waals surface area contributed by atoms with Crippen molar-refractivity contribution in [2.75, 3.05) is 0 Å². The van der Waals surface area contributed by atoms with Crippen LogP contribution in [0.4, 0.5) is 8.78 Å². The van der Waals surface area contributed by atoms with E-state index in [4.69, 9.17) is 4.74 Å². The van der Waals surface area contributed by atoms with Gasteiger partial charge in [-0.05, 0) is 30.7 Å². The fourth-order valence-electron chi connectivity index (χ4n) is 1.37. The number of aromatic nitrogens is 1.